The molecule has 5 rings (SSSR count). The molecule has 1 aliphatic heterocycles. The predicted molar refractivity (Wildman–Crippen MR) is 119 cm³/mol. The van der Waals surface area contributed by atoms with Crippen LogP contribution in [0.4, 0.5) is 17.5 Å². The van der Waals surface area contributed by atoms with Crippen molar-refractivity contribution in [1.29, 1.82) is 0 Å². The number of carbonyl (C=O) groups is 1. The highest BCUT2D eigenvalue weighted by Gasteiger charge is 2.37. The van der Waals surface area contributed by atoms with Gasteiger partial charge in [0.2, 0.25) is 11.9 Å². The van der Waals surface area contributed by atoms with Crippen LogP contribution in [0.3, 0.4) is 0 Å². The Morgan fingerprint density at radius 2 is 2.25 bits per heavy atom. The molecule has 164 valence electrons. The first-order chi connectivity index (χ1) is 15.5. The first-order valence-electron chi connectivity index (χ1n) is 9.86. The number of rotatable bonds is 6. The number of anilines is 3. The number of H-pyrrole nitrogens is 1. The summed E-state index contributed by atoms with van der Waals surface area (Å²) in [5.41, 5.74) is 1.33. The molecule has 13 heteroatoms. The van der Waals surface area contributed by atoms with Gasteiger partial charge in [0.05, 0.1) is 40.6 Å². The van der Waals surface area contributed by atoms with Gasteiger partial charge < -0.3 is 20.5 Å². The molecule has 12 nitrogen and oxygen atoms in total. The molecule has 2 atom stereocenters. The number of carbonyl (C=O) groups excluding carboxylic acids is 1. The predicted octanol–water partition coefficient (Wildman–Crippen LogP) is 1.73. The molecule has 1 aliphatic rings. The number of likely N-dealkylation sites (tertiary alicyclic amines) is 1. The SMILES string of the molecule is C=CC(=O)N1C[C@H](Nc2nc(Nc3cnn(C)c3)nc3[nH]cc(Cl)c23)[C@H](n2ccnn2)C1. The smallest absolute Gasteiger partial charge is 0.246 e. The van der Waals surface area contributed by atoms with Gasteiger partial charge in [0.15, 0.2) is 0 Å². The van der Waals surface area contributed by atoms with E-state index in [1.54, 1.807) is 39.1 Å². The quantitative estimate of drug-likeness (QED) is 0.376. The number of hydrogen-bond donors (Lipinski definition) is 3. The van der Waals surface area contributed by atoms with Gasteiger partial charge in [-0.25, -0.2) is 4.68 Å². The monoisotopic (exact) mass is 453 g/mol. The molecule has 3 N–H and O–H groups in total. The number of aryl methyl sites for hydroxylation is 1. The first kappa shape index (κ1) is 20.0. The summed E-state index contributed by atoms with van der Waals surface area (Å²) >= 11 is 6.43. The molecule has 1 amide bonds. The van der Waals surface area contributed by atoms with Crippen molar-refractivity contribution >= 4 is 46.0 Å². The molecule has 1 fully saturated rings. The molecular weight excluding hydrogens is 434 g/mol. The van der Waals surface area contributed by atoms with Gasteiger partial charge >= 0.3 is 0 Å². The molecule has 0 radical (unpaired) electrons. The molecule has 1 saturated heterocycles. The number of fused-ring (bicyclic) bond motifs is 1. The highest BCUT2D eigenvalue weighted by atomic mass is 35.5. The van der Waals surface area contributed by atoms with Crippen molar-refractivity contribution in [1.82, 2.24) is 44.6 Å². The number of nitrogens with one attached hydrogen (secondary N) is 3. The van der Waals surface area contributed by atoms with Gasteiger partial charge in [0.25, 0.3) is 0 Å². The van der Waals surface area contributed by atoms with E-state index in [2.05, 4.69) is 47.6 Å². The summed E-state index contributed by atoms with van der Waals surface area (Å²) in [5, 5.41) is 20.0. The molecule has 0 unspecified atom stereocenters. The van der Waals surface area contributed by atoms with Crippen LogP contribution in [0, 0.1) is 0 Å². The van der Waals surface area contributed by atoms with Crippen LogP contribution < -0.4 is 10.6 Å². The van der Waals surface area contributed by atoms with Crippen molar-refractivity contribution in [2.24, 2.45) is 7.05 Å². The average Bonchev–Trinajstić information content (AvgIpc) is 3.56. The third-order valence-corrected chi connectivity index (χ3v) is 5.62. The van der Waals surface area contributed by atoms with Crippen LogP contribution in [0.25, 0.3) is 11.0 Å². The summed E-state index contributed by atoms with van der Waals surface area (Å²) in [4.78, 5) is 26.2. The lowest BCUT2D eigenvalue weighted by molar-refractivity contribution is -0.125. The second kappa shape index (κ2) is 7.96. The Bertz CT molecular complexity index is 1280. The largest absolute Gasteiger partial charge is 0.363 e. The molecule has 0 aromatic carbocycles. The zero-order valence-corrected chi connectivity index (χ0v) is 17.9. The Labute approximate surface area is 187 Å². The third-order valence-electron chi connectivity index (χ3n) is 5.32. The van der Waals surface area contributed by atoms with Crippen LogP contribution in [0.5, 0.6) is 0 Å². The van der Waals surface area contributed by atoms with E-state index < -0.39 is 0 Å². The maximum Gasteiger partial charge on any atom is 0.246 e. The van der Waals surface area contributed by atoms with Crippen LogP contribution in [0.2, 0.25) is 5.02 Å². The highest BCUT2D eigenvalue weighted by molar-refractivity contribution is 6.36. The second-order valence-corrected chi connectivity index (χ2v) is 7.84. The molecule has 0 aliphatic carbocycles. The van der Waals surface area contributed by atoms with Crippen LogP contribution in [-0.2, 0) is 11.8 Å². The van der Waals surface area contributed by atoms with Crippen LogP contribution in [-0.4, -0.2) is 69.7 Å². The topological polar surface area (TPSA) is 134 Å². The van der Waals surface area contributed by atoms with Crippen LogP contribution in [0.15, 0.2) is 43.6 Å². The van der Waals surface area contributed by atoms with Crippen molar-refractivity contribution in [2.75, 3.05) is 23.7 Å². The van der Waals surface area contributed by atoms with Crippen molar-refractivity contribution in [3.63, 3.8) is 0 Å². The van der Waals surface area contributed by atoms with Crippen molar-refractivity contribution in [3.05, 3.63) is 48.7 Å². The zero-order valence-electron chi connectivity index (χ0n) is 17.1. The Morgan fingerprint density at radius 3 is 2.97 bits per heavy atom. The van der Waals surface area contributed by atoms with Gasteiger partial charge in [0.1, 0.15) is 11.5 Å². The maximum atomic E-state index is 12.3. The minimum absolute atomic E-state index is 0.147. The van der Waals surface area contributed by atoms with E-state index in [4.69, 9.17) is 11.6 Å². The molecule has 0 saturated carbocycles. The second-order valence-electron chi connectivity index (χ2n) is 7.43. The minimum Gasteiger partial charge on any atom is -0.363 e. The summed E-state index contributed by atoms with van der Waals surface area (Å²) in [5.74, 6) is 0.766. The molecule has 32 heavy (non-hydrogen) atoms. The minimum atomic E-state index is -0.198. The number of hydrogen-bond acceptors (Lipinski definition) is 8. The lowest BCUT2D eigenvalue weighted by atomic mass is 10.1. The van der Waals surface area contributed by atoms with E-state index in [-0.39, 0.29) is 18.0 Å². The van der Waals surface area contributed by atoms with Crippen LogP contribution >= 0.6 is 11.6 Å². The van der Waals surface area contributed by atoms with Gasteiger partial charge in [-0.15, -0.1) is 5.10 Å². The normalized spacial score (nSPS) is 18.2. The molecular formula is C19H20ClN11O. The van der Waals surface area contributed by atoms with E-state index in [1.165, 1.54) is 6.08 Å². The number of halogens is 1. The fraction of sp³-hybridized carbons (Fsp3) is 0.263. The van der Waals surface area contributed by atoms with Crippen LogP contribution in [0.1, 0.15) is 6.04 Å². The lowest BCUT2D eigenvalue weighted by Gasteiger charge is -2.20. The van der Waals surface area contributed by atoms with Crippen molar-refractivity contribution < 1.29 is 4.79 Å². The van der Waals surface area contributed by atoms with Crippen molar-refractivity contribution in [3.8, 4) is 0 Å². The van der Waals surface area contributed by atoms with E-state index in [0.29, 0.717) is 40.9 Å². The van der Waals surface area contributed by atoms with Gasteiger partial charge in [-0.05, 0) is 6.08 Å². The average molecular weight is 454 g/mol. The zero-order chi connectivity index (χ0) is 22.2. The van der Waals surface area contributed by atoms with E-state index in [9.17, 15) is 4.79 Å². The van der Waals surface area contributed by atoms with Gasteiger partial charge in [-0.3, -0.25) is 9.48 Å². The summed E-state index contributed by atoms with van der Waals surface area (Å²) < 4.78 is 3.41. The Morgan fingerprint density at radius 1 is 1.38 bits per heavy atom. The van der Waals surface area contributed by atoms with Gasteiger partial charge in [-0.1, -0.05) is 23.4 Å². The maximum absolute atomic E-state index is 12.3. The fourth-order valence-corrected chi connectivity index (χ4v) is 4.08. The van der Waals surface area contributed by atoms with E-state index in [0.717, 1.165) is 5.69 Å². The molecule has 5 heterocycles. The van der Waals surface area contributed by atoms with Gasteiger partial charge in [-0.2, -0.15) is 15.1 Å². The number of amides is 1. The number of nitrogens with zero attached hydrogens (tertiary/aromatic N) is 8. The summed E-state index contributed by atoms with van der Waals surface area (Å²) in [6.45, 7) is 4.50. The molecule has 4 aromatic rings. The van der Waals surface area contributed by atoms with Crippen molar-refractivity contribution in [2.45, 2.75) is 12.1 Å². The first-order valence-corrected chi connectivity index (χ1v) is 10.2. The number of aromatic nitrogens is 8. The standard InChI is InChI=1S/C19H20ClN11O/c1-3-15(32)30-9-13(14(10-30)31-5-4-22-28-31)25-18-16-12(20)7-21-17(16)26-19(27-18)24-11-6-23-29(2)8-11/h3-8,13-14H,1,9-10H2,2H3,(H3,21,24,25,26,27)/t13-,14+/m0/s1. The van der Waals surface area contributed by atoms with Gasteiger partial charge in [0, 0.05) is 38.7 Å². The summed E-state index contributed by atoms with van der Waals surface area (Å²) in [6.07, 6.45) is 9.85. The molecule has 0 bridgehead atoms. The fourth-order valence-electron chi connectivity index (χ4n) is 3.85. The summed E-state index contributed by atoms with van der Waals surface area (Å²) in [7, 11) is 1.83. The molecule has 0 spiro atoms. The van der Waals surface area contributed by atoms with E-state index in [1.807, 2.05) is 13.2 Å². The highest BCUT2D eigenvalue weighted by Crippen LogP contribution is 2.32. The Hall–Kier alpha value is -3.93. The Kier molecular flexibility index (Phi) is 4.98. The van der Waals surface area contributed by atoms with E-state index >= 15 is 0 Å². The molecule has 4 aromatic heterocycles. The number of aromatic amines is 1. The Balaban J connectivity index is 1.50. The summed E-state index contributed by atoms with van der Waals surface area (Å²) in [6, 6.07) is -0.352. The third kappa shape index (κ3) is 3.64. The lowest BCUT2D eigenvalue weighted by Crippen LogP contribution is -2.32.